The first-order valence-electron chi connectivity index (χ1n) is 5.72. The van der Waals surface area contributed by atoms with Crippen LogP contribution in [0.3, 0.4) is 0 Å². The van der Waals surface area contributed by atoms with Crippen LogP contribution in [-0.4, -0.2) is 12.3 Å². The van der Waals surface area contributed by atoms with Gasteiger partial charge in [-0.25, -0.2) is 13.2 Å². The number of hydrogen-bond donors (Lipinski definition) is 1. The van der Waals surface area contributed by atoms with Gasteiger partial charge in [0.1, 0.15) is 5.82 Å². The number of rotatable bonds is 5. The molecule has 19 heavy (non-hydrogen) atoms. The highest BCUT2D eigenvalue weighted by Crippen LogP contribution is 2.20. The largest absolute Gasteiger partial charge is 0.384 e. The molecule has 0 aromatic heterocycles. The van der Waals surface area contributed by atoms with Crippen molar-refractivity contribution in [1.29, 1.82) is 0 Å². The van der Waals surface area contributed by atoms with Crippen LogP contribution in [0.2, 0.25) is 0 Å². The van der Waals surface area contributed by atoms with Crippen LogP contribution >= 0.6 is 11.8 Å². The van der Waals surface area contributed by atoms with Gasteiger partial charge < -0.3 is 5.32 Å². The molecule has 2 aromatic carbocycles. The maximum atomic E-state index is 13.0. The number of halogens is 3. The van der Waals surface area contributed by atoms with E-state index in [1.54, 1.807) is 18.2 Å². The number of nitrogens with one attached hydrogen (secondary N) is 1. The molecular formula is C14H12F3NS. The Bertz CT molecular complexity index is 543. The average Bonchev–Trinajstić information content (AvgIpc) is 2.41. The smallest absolute Gasteiger partial charge is 0.159 e. The van der Waals surface area contributed by atoms with Gasteiger partial charge in [-0.1, -0.05) is 0 Å². The lowest BCUT2D eigenvalue weighted by atomic mass is 10.3. The first-order chi connectivity index (χ1) is 9.15. The topological polar surface area (TPSA) is 12.0 Å². The molecule has 0 saturated carbocycles. The Kier molecular flexibility index (Phi) is 4.74. The third-order valence-electron chi connectivity index (χ3n) is 2.44. The lowest BCUT2D eigenvalue weighted by Gasteiger charge is -2.06. The van der Waals surface area contributed by atoms with E-state index in [4.69, 9.17) is 0 Å². The Morgan fingerprint density at radius 2 is 1.63 bits per heavy atom. The van der Waals surface area contributed by atoms with Crippen LogP contribution in [0.25, 0.3) is 0 Å². The maximum Gasteiger partial charge on any atom is 0.159 e. The van der Waals surface area contributed by atoms with Crippen molar-refractivity contribution in [3.8, 4) is 0 Å². The van der Waals surface area contributed by atoms with Gasteiger partial charge in [-0.05, 0) is 42.5 Å². The quantitative estimate of drug-likeness (QED) is 0.648. The van der Waals surface area contributed by atoms with Gasteiger partial charge in [-0.3, -0.25) is 0 Å². The molecule has 0 amide bonds. The summed E-state index contributed by atoms with van der Waals surface area (Å²) in [5.74, 6) is -1.25. The number of thioether (sulfide) groups is 1. The Morgan fingerprint density at radius 3 is 2.32 bits per heavy atom. The lowest BCUT2D eigenvalue weighted by Crippen LogP contribution is -2.03. The minimum absolute atomic E-state index is 0.276. The standard InChI is InChI=1S/C14H12F3NS/c15-10-1-3-11(4-2-10)18-7-8-19-12-5-6-13(16)14(17)9-12/h1-6,9,18H,7-8H2. The molecule has 1 nitrogen and oxygen atoms in total. The third-order valence-corrected chi connectivity index (χ3v) is 3.43. The summed E-state index contributed by atoms with van der Waals surface area (Å²) in [6, 6.07) is 9.90. The van der Waals surface area contributed by atoms with Gasteiger partial charge in [-0.2, -0.15) is 0 Å². The fourth-order valence-electron chi connectivity index (χ4n) is 1.50. The molecule has 2 aromatic rings. The van der Waals surface area contributed by atoms with Crippen molar-refractivity contribution in [3.05, 3.63) is 59.9 Å². The zero-order valence-corrected chi connectivity index (χ0v) is 10.8. The average molecular weight is 283 g/mol. The second-order valence-electron chi connectivity index (χ2n) is 3.86. The molecule has 0 atom stereocenters. The van der Waals surface area contributed by atoms with Crippen LogP contribution in [0.15, 0.2) is 47.4 Å². The van der Waals surface area contributed by atoms with Gasteiger partial charge in [0, 0.05) is 22.9 Å². The van der Waals surface area contributed by atoms with Crippen LogP contribution in [0.1, 0.15) is 0 Å². The van der Waals surface area contributed by atoms with E-state index in [9.17, 15) is 13.2 Å². The summed E-state index contributed by atoms with van der Waals surface area (Å²) in [4.78, 5) is 0.680. The SMILES string of the molecule is Fc1ccc(NCCSc2ccc(F)c(F)c2)cc1. The fraction of sp³-hybridized carbons (Fsp3) is 0.143. The molecule has 0 bridgehead atoms. The van der Waals surface area contributed by atoms with Crippen molar-refractivity contribution in [2.75, 3.05) is 17.6 Å². The molecule has 0 saturated heterocycles. The summed E-state index contributed by atoms with van der Waals surface area (Å²) in [7, 11) is 0. The zero-order valence-electron chi connectivity index (χ0n) is 10.00. The highest BCUT2D eigenvalue weighted by Gasteiger charge is 2.02. The zero-order chi connectivity index (χ0) is 13.7. The third kappa shape index (κ3) is 4.21. The van der Waals surface area contributed by atoms with E-state index in [-0.39, 0.29) is 5.82 Å². The van der Waals surface area contributed by atoms with Crippen LogP contribution in [-0.2, 0) is 0 Å². The summed E-state index contributed by atoms with van der Waals surface area (Å²) >= 11 is 1.42. The highest BCUT2D eigenvalue weighted by atomic mass is 32.2. The Hall–Kier alpha value is -1.62. The molecule has 0 aliphatic carbocycles. The minimum atomic E-state index is -0.839. The lowest BCUT2D eigenvalue weighted by molar-refractivity contribution is 0.506. The Labute approximate surface area is 113 Å². The molecule has 0 heterocycles. The van der Waals surface area contributed by atoms with Crippen LogP contribution < -0.4 is 5.32 Å². The normalized spacial score (nSPS) is 10.5. The van der Waals surface area contributed by atoms with E-state index in [0.29, 0.717) is 17.2 Å². The number of anilines is 1. The van der Waals surface area contributed by atoms with Gasteiger partial charge >= 0.3 is 0 Å². The fourth-order valence-corrected chi connectivity index (χ4v) is 2.29. The summed E-state index contributed by atoms with van der Waals surface area (Å²) in [6.07, 6.45) is 0. The van der Waals surface area contributed by atoms with Gasteiger partial charge in [-0.15, -0.1) is 11.8 Å². The molecular weight excluding hydrogens is 271 g/mol. The van der Waals surface area contributed by atoms with Crippen molar-refractivity contribution in [2.24, 2.45) is 0 Å². The summed E-state index contributed by atoms with van der Waals surface area (Å²) < 4.78 is 38.3. The molecule has 0 aliphatic rings. The van der Waals surface area contributed by atoms with Crippen molar-refractivity contribution in [2.45, 2.75) is 4.90 Å². The predicted octanol–water partition coefficient (Wildman–Crippen LogP) is 4.31. The molecule has 0 aliphatic heterocycles. The Balaban J connectivity index is 1.77. The van der Waals surface area contributed by atoms with Gasteiger partial charge in [0.15, 0.2) is 11.6 Å². The molecule has 0 fully saturated rings. The van der Waals surface area contributed by atoms with Gasteiger partial charge in [0.05, 0.1) is 0 Å². The summed E-state index contributed by atoms with van der Waals surface area (Å²) in [5.41, 5.74) is 0.826. The Morgan fingerprint density at radius 1 is 0.895 bits per heavy atom. The monoisotopic (exact) mass is 283 g/mol. The van der Waals surface area contributed by atoms with Crippen molar-refractivity contribution < 1.29 is 13.2 Å². The number of hydrogen-bond acceptors (Lipinski definition) is 2. The van der Waals surface area contributed by atoms with Crippen LogP contribution in [0, 0.1) is 17.5 Å². The highest BCUT2D eigenvalue weighted by molar-refractivity contribution is 7.99. The second kappa shape index (κ2) is 6.52. The maximum absolute atomic E-state index is 13.0. The first kappa shape index (κ1) is 13.8. The van der Waals surface area contributed by atoms with E-state index in [0.717, 1.165) is 11.8 Å². The second-order valence-corrected chi connectivity index (χ2v) is 5.03. The van der Waals surface area contributed by atoms with Crippen molar-refractivity contribution >= 4 is 17.4 Å². The van der Waals surface area contributed by atoms with E-state index >= 15 is 0 Å². The van der Waals surface area contributed by atoms with Gasteiger partial charge in [0.25, 0.3) is 0 Å². The molecule has 1 N–H and O–H groups in total. The summed E-state index contributed by atoms with van der Waals surface area (Å²) in [6.45, 7) is 0.648. The van der Waals surface area contributed by atoms with Crippen molar-refractivity contribution in [3.63, 3.8) is 0 Å². The molecule has 100 valence electrons. The van der Waals surface area contributed by atoms with E-state index < -0.39 is 11.6 Å². The van der Waals surface area contributed by atoms with Crippen LogP contribution in [0.5, 0.6) is 0 Å². The van der Waals surface area contributed by atoms with Gasteiger partial charge in [0.2, 0.25) is 0 Å². The molecule has 0 spiro atoms. The number of benzene rings is 2. The molecule has 2 rings (SSSR count). The van der Waals surface area contributed by atoms with E-state index in [2.05, 4.69) is 5.32 Å². The first-order valence-corrected chi connectivity index (χ1v) is 6.71. The minimum Gasteiger partial charge on any atom is -0.384 e. The summed E-state index contributed by atoms with van der Waals surface area (Å²) in [5, 5.41) is 3.11. The van der Waals surface area contributed by atoms with Crippen molar-refractivity contribution in [1.82, 2.24) is 0 Å². The molecule has 5 heteroatoms. The van der Waals surface area contributed by atoms with E-state index in [1.165, 1.54) is 30.0 Å². The molecule has 0 unspecified atom stereocenters. The van der Waals surface area contributed by atoms with Crippen LogP contribution in [0.4, 0.5) is 18.9 Å². The predicted molar refractivity (Wildman–Crippen MR) is 72.0 cm³/mol. The molecule has 0 radical (unpaired) electrons. The van der Waals surface area contributed by atoms with E-state index in [1.807, 2.05) is 0 Å².